The van der Waals surface area contributed by atoms with Crippen LogP contribution in [-0.2, 0) is 9.53 Å². The van der Waals surface area contributed by atoms with Gasteiger partial charge in [-0.25, -0.2) is 4.79 Å². The largest absolute Gasteiger partial charge is 0.450 e. The topological polar surface area (TPSA) is 92.3 Å². The Morgan fingerprint density at radius 2 is 1.93 bits per heavy atom. The fourth-order valence-corrected chi connectivity index (χ4v) is 3.23. The van der Waals surface area contributed by atoms with E-state index in [-0.39, 0.29) is 11.5 Å². The molecular weight excluding hydrogens is 364 g/mol. The maximum Gasteiger partial charge on any atom is 0.375 e. The van der Waals surface area contributed by atoms with Crippen molar-refractivity contribution in [2.75, 3.05) is 17.7 Å². The van der Waals surface area contributed by atoms with Crippen LogP contribution in [0.5, 0.6) is 0 Å². The molecule has 1 aromatic heterocycles. The number of esters is 1. The molecule has 1 heterocycles. The number of thioether (sulfide) groups is 1. The molecule has 0 bridgehead atoms. The van der Waals surface area contributed by atoms with Gasteiger partial charge in [-0.3, -0.25) is 4.79 Å². The van der Waals surface area contributed by atoms with Crippen molar-refractivity contribution in [1.29, 1.82) is 5.26 Å². The van der Waals surface area contributed by atoms with Gasteiger partial charge in [-0.05, 0) is 25.1 Å². The highest BCUT2D eigenvalue weighted by Crippen LogP contribution is 2.27. The number of ether oxygens (including phenoxy) is 1. The second-order valence-electron chi connectivity index (χ2n) is 5.62. The van der Waals surface area contributed by atoms with E-state index in [2.05, 4.69) is 5.32 Å². The number of fused-ring (bicyclic) bond motifs is 1. The summed E-state index contributed by atoms with van der Waals surface area (Å²) in [5.41, 5.74) is 1.84. The van der Waals surface area contributed by atoms with Crippen molar-refractivity contribution >= 4 is 40.3 Å². The van der Waals surface area contributed by atoms with Crippen molar-refractivity contribution < 1.29 is 18.7 Å². The molecule has 3 aromatic rings. The van der Waals surface area contributed by atoms with E-state index in [0.29, 0.717) is 16.8 Å². The molecule has 1 N–H and O–H groups in total. The van der Waals surface area contributed by atoms with Crippen LogP contribution >= 0.6 is 11.8 Å². The Kier molecular flexibility index (Phi) is 5.79. The minimum absolute atomic E-state index is 0.0916. The first kappa shape index (κ1) is 18.5. The van der Waals surface area contributed by atoms with Crippen molar-refractivity contribution in [3.05, 3.63) is 59.9 Å². The smallest absolute Gasteiger partial charge is 0.375 e. The van der Waals surface area contributed by atoms with E-state index < -0.39 is 18.5 Å². The molecule has 1 amide bonds. The number of furan rings is 1. The fraction of sp³-hybridized carbons (Fsp3) is 0.150. The average Bonchev–Trinajstić information content (AvgIpc) is 3.02. The highest BCUT2D eigenvalue weighted by molar-refractivity contribution is 7.99. The fourth-order valence-electron chi connectivity index (χ4n) is 2.56. The Labute approximate surface area is 160 Å². The standard InChI is InChI=1S/C20H16N2O4S/c1-13-14-6-2-4-8-16(14)26-19(13)20(24)25-12-18(23)22-15-7-3-5-9-17(15)27-11-10-21/h2-9H,11-12H2,1H3,(H,22,23). The molecule has 3 rings (SSSR count). The molecule has 2 aromatic carbocycles. The first-order valence-electron chi connectivity index (χ1n) is 8.14. The molecular formula is C20H16N2O4S. The molecule has 0 unspecified atom stereocenters. The van der Waals surface area contributed by atoms with Crippen molar-refractivity contribution in [3.63, 3.8) is 0 Å². The molecule has 0 atom stereocenters. The number of rotatable bonds is 6. The Bertz CT molecular complexity index is 1040. The van der Waals surface area contributed by atoms with Crippen LogP contribution in [0.25, 0.3) is 11.0 Å². The lowest BCUT2D eigenvalue weighted by Crippen LogP contribution is -2.21. The maximum atomic E-state index is 12.3. The van der Waals surface area contributed by atoms with Crippen LogP contribution in [0.1, 0.15) is 16.1 Å². The molecule has 0 aliphatic rings. The van der Waals surface area contributed by atoms with E-state index in [1.807, 2.05) is 30.3 Å². The molecule has 136 valence electrons. The maximum absolute atomic E-state index is 12.3. The Hall–Kier alpha value is -3.24. The lowest BCUT2D eigenvalue weighted by molar-refractivity contribution is -0.119. The number of carbonyl (C=O) groups excluding carboxylic acids is 2. The zero-order chi connectivity index (χ0) is 19.2. The van der Waals surface area contributed by atoms with E-state index in [1.54, 1.807) is 31.2 Å². The van der Waals surface area contributed by atoms with E-state index in [9.17, 15) is 9.59 Å². The van der Waals surface area contributed by atoms with Crippen LogP contribution < -0.4 is 5.32 Å². The lowest BCUT2D eigenvalue weighted by atomic mass is 10.1. The third-order valence-electron chi connectivity index (χ3n) is 3.82. The average molecular weight is 380 g/mol. The highest BCUT2D eigenvalue weighted by atomic mass is 32.2. The zero-order valence-corrected chi connectivity index (χ0v) is 15.3. The summed E-state index contributed by atoms with van der Waals surface area (Å²) in [5.74, 6) is -0.796. The van der Waals surface area contributed by atoms with Gasteiger partial charge >= 0.3 is 5.97 Å². The van der Waals surface area contributed by atoms with Gasteiger partial charge < -0.3 is 14.5 Å². The molecule has 6 nitrogen and oxygen atoms in total. The Morgan fingerprint density at radius 1 is 1.19 bits per heavy atom. The van der Waals surface area contributed by atoms with Crippen LogP contribution in [0.2, 0.25) is 0 Å². The molecule has 0 aliphatic heterocycles. The Balaban J connectivity index is 1.63. The molecule has 0 radical (unpaired) electrons. The number of para-hydroxylation sites is 2. The predicted octanol–water partition coefficient (Wildman–Crippen LogP) is 4.15. The first-order chi connectivity index (χ1) is 13.1. The number of benzene rings is 2. The summed E-state index contributed by atoms with van der Waals surface area (Å²) < 4.78 is 10.6. The van der Waals surface area contributed by atoms with Crippen LogP contribution in [0.3, 0.4) is 0 Å². The zero-order valence-electron chi connectivity index (χ0n) is 14.5. The van der Waals surface area contributed by atoms with Crippen LogP contribution in [0.4, 0.5) is 5.69 Å². The van der Waals surface area contributed by atoms with Crippen molar-refractivity contribution in [2.24, 2.45) is 0 Å². The summed E-state index contributed by atoms with van der Waals surface area (Å²) in [6.07, 6.45) is 0. The molecule has 0 saturated heterocycles. The second kappa shape index (κ2) is 8.43. The van der Waals surface area contributed by atoms with Gasteiger partial charge in [0.15, 0.2) is 6.61 Å². The van der Waals surface area contributed by atoms with Gasteiger partial charge in [-0.1, -0.05) is 30.3 Å². The second-order valence-corrected chi connectivity index (χ2v) is 6.64. The number of nitrogens with zero attached hydrogens (tertiary/aromatic N) is 1. The summed E-state index contributed by atoms with van der Waals surface area (Å²) in [6, 6.07) is 16.5. The normalized spacial score (nSPS) is 10.4. The highest BCUT2D eigenvalue weighted by Gasteiger charge is 2.20. The van der Waals surface area contributed by atoms with E-state index in [4.69, 9.17) is 14.4 Å². The molecule has 27 heavy (non-hydrogen) atoms. The number of hydrogen-bond acceptors (Lipinski definition) is 6. The van der Waals surface area contributed by atoms with Crippen molar-refractivity contribution in [1.82, 2.24) is 0 Å². The molecule has 0 spiro atoms. The van der Waals surface area contributed by atoms with Crippen LogP contribution in [0, 0.1) is 18.3 Å². The van der Waals surface area contributed by atoms with Crippen molar-refractivity contribution in [2.45, 2.75) is 11.8 Å². The van der Waals surface area contributed by atoms with Crippen LogP contribution in [-0.4, -0.2) is 24.2 Å². The quantitative estimate of drug-likeness (QED) is 0.510. The van der Waals surface area contributed by atoms with Crippen LogP contribution in [0.15, 0.2) is 57.8 Å². The minimum atomic E-state index is -0.689. The summed E-state index contributed by atoms with van der Waals surface area (Å²) in [4.78, 5) is 25.2. The molecule has 0 saturated carbocycles. The monoisotopic (exact) mass is 380 g/mol. The number of hydrogen-bond donors (Lipinski definition) is 1. The molecule has 0 fully saturated rings. The number of carbonyl (C=O) groups is 2. The summed E-state index contributed by atoms with van der Waals surface area (Å²) in [6.45, 7) is 1.33. The predicted molar refractivity (Wildman–Crippen MR) is 103 cm³/mol. The number of aryl methyl sites for hydroxylation is 1. The third-order valence-corrected chi connectivity index (χ3v) is 4.76. The summed E-state index contributed by atoms with van der Waals surface area (Å²) >= 11 is 1.32. The third kappa shape index (κ3) is 4.30. The van der Waals surface area contributed by atoms with Gasteiger partial charge in [0, 0.05) is 15.8 Å². The summed E-state index contributed by atoms with van der Waals surface area (Å²) in [7, 11) is 0. The Morgan fingerprint density at radius 3 is 2.70 bits per heavy atom. The van der Waals surface area contributed by atoms with E-state index in [0.717, 1.165) is 10.3 Å². The lowest BCUT2D eigenvalue weighted by Gasteiger charge is -2.09. The van der Waals surface area contributed by atoms with Gasteiger partial charge in [0.1, 0.15) is 5.58 Å². The van der Waals surface area contributed by atoms with Gasteiger partial charge in [-0.15, -0.1) is 11.8 Å². The van der Waals surface area contributed by atoms with Crippen molar-refractivity contribution in [3.8, 4) is 6.07 Å². The number of nitrogens with one attached hydrogen (secondary N) is 1. The van der Waals surface area contributed by atoms with E-state index >= 15 is 0 Å². The van der Waals surface area contributed by atoms with Gasteiger partial charge in [-0.2, -0.15) is 5.26 Å². The SMILES string of the molecule is Cc1c(C(=O)OCC(=O)Nc2ccccc2SCC#N)oc2ccccc12. The number of nitriles is 1. The van der Waals surface area contributed by atoms with Gasteiger partial charge in [0.2, 0.25) is 5.76 Å². The summed E-state index contributed by atoms with van der Waals surface area (Å²) in [5, 5.41) is 12.2. The number of anilines is 1. The van der Waals surface area contributed by atoms with E-state index in [1.165, 1.54) is 11.8 Å². The minimum Gasteiger partial charge on any atom is -0.450 e. The first-order valence-corrected chi connectivity index (χ1v) is 9.12. The van der Waals surface area contributed by atoms with Gasteiger partial charge in [0.05, 0.1) is 17.5 Å². The molecule has 0 aliphatic carbocycles. The molecule has 7 heteroatoms. The van der Waals surface area contributed by atoms with Gasteiger partial charge in [0.25, 0.3) is 5.91 Å². The number of amides is 1.